The number of carbonyl (C=O) groups excluding carboxylic acids is 1. The number of hydrogen-bond donors (Lipinski definition) is 2. The zero-order chi connectivity index (χ0) is 20.4. The van der Waals surface area contributed by atoms with Crippen LogP contribution in [-0.2, 0) is 21.2 Å². The molecule has 2 N–H and O–H groups in total. The van der Waals surface area contributed by atoms with Crippen LogP contribution < -0.4 is 19.5 Å². The van der Waals surface area contributed by atoms with Crippen LogP contribution in [0.3, 0.4) is 0 Å². The Bertz CT molecular complexity index is 1080. The lowest BCUT2D eigenvalue weighted by molar-refractivity contribution is -0.121. The molecule has 0 spiro atoms. The van der Waals surface area contributed by atoms with E-state index in [-0.39, 0.29) is 16.6 Å². The quantitative estimate of drug-likeness (QED) is 0.764. The Morgan fingerprint density at radius 1 is 1.17 bits per heavy atom. The van der Waals surface area contributed by atoms with Gasteiger partial charge in [0.1, 0.15) is 25.1 Å². The molecule has 1 atom stereocenters. The monoisotopic (exact) mass is 415 g/mol. The number of hydrogen-bond acceptors (Lipinski definition) is 6. The summed E-state index contributed by atoms with van der Waals surface area (Å²) in [6.45, 7) is 3.12. The molecule has 0 fully saturated rings. The molecule has 152 valence electrons. The van der Waals surface area contributed by atoms with E-state index < -0.39 is 16.1 Å². The standard InChI is InChI=1S/C20H21N3O5S/c1-13(22-19-15-4-2-3-5-18(15)29(25,26)23-19)20(24)21-9-8-14-6-7-16-17(12-14)28-11-10-27-16/h2-7,12-13H,8-11H2,1H3,(H,21,24)(H,22,23)/t13-/m1/s1. The second kappa shape index (κ2) is 7.75. The SMILES string of the molecule is C[C@@H](N=C1NS(=O)(=O)c2ccccc21)C(=O)NCCc1ccc2c(c1)OCCO2. The van der Waals surface area contributed by atoms with Gasteiger partial charge in [-0.15, -0.1) is 0 Å². The van der Waals surface area contributed by atoms with Crippen LogP contribution in [0.25, 0.3) is 0 Å². The van der Waals surface area contributed by atoms with Crippen molar-refractivity contribution in [3.8, 4) is 11.5 Å². The number of ether oxygens (including phenoxy) is 2. The Hall–Kier alpha value is -3.07. The Kier molecular flexibility index (Phi) is 5.14. The fraction of sp³-hybridized carbons (Fsp3) is 0.300. The molecular formula is C20H21N3O5S. The molecule has 0 saturated carbocycles. The summed E-state index contributed by atoms with van der Waals surface area (Å²) in [6, 6.07) is 11.5. The molecule has 0 saturated heterocycles. The molecule has 2 aliphatic heterocycles. The third-order valence-electron chi connectivity index (χ3n) is 4.68. The van der Waals surface area contributed by atoms with Gasteiger partial charge in [0.05, 0.1) is 4.90 Å². The van der Waals surface area contributed by atoms with Gasteiger partial charge in [-0.2, -0.15) is 0 Å². The first-order valence-electron chi connectivity index (χ1n) is 9.30. The van der Waals surface area contributed by atoms with Crippen molar-refractivity contribution in [2.45, 2.75) is 24.3 Å². The molecule has 0 radical (unpaired) electrons. The van der Waals surface area contributed by atoms with Crippen molar-refractivity contribution in [1.29, 1.82) is 0 Å². The van der Waals surface area contributed by atoms with Gasteiger partial charge in [0, 0.05) is 12.1 Å². The molecule has 8 nitrogen and oxygen atoms in total. The smallest absolute Gasteiger partial charge is 0.263 e. The molecule has 1 amide bonds. The summed E-state index contributed by atoms with van der Waals surface area (Å²) < 4.78 is 37.7. The molecule has 2 aliphatic rings. The van der Waals surface area contributed by atoms with E-state index >= 15 is 0 Å². The van der Waals surface area contributed by atoms with Crippen LogP contribution in [0.5, 0.6) is 11.5 Å². The van der Waals surface area contributed by atoms with E-state index in [1.807, 2.05) is 18.2 Å². The van der Waals surface area contributed by atoms with Crippen LogP contribution in [0.15, 0.2) is 52.4 Å². The first-order valence-corrected chi connectivity index (χ1v) is 10.8. The molecular weight excluding hydrogens is 394 g/mol. The topological polar surface area (TPSA) is 106 Å². The molecule has 2 aromatic rings. The summed E-state index contributed by atoms with van der Waals surface area (Å²) in [5, 5.41) is 2.83. The van der Waals surface area contributed by atoms with Gasteiger partial charge in [-0.1, -0.05) is 18.2 Å². The van der Waals surface area contributed by atoms with Gasteiger partial charge in [-0.05, 0) is 43.2 Å². The summed E-state index contributed by atoms with van der Waals surface area (Å²) in [5.41, 5.74) is 1.49. The molecule has 9 heteroatoms. The van der Waals surface area contributed by atoms with E-state index in [1.165, 1.54) is 6.07 Å². The highest BCUT2D eigenvalue weighted by Crippen LogP contribution is 2.30. The van der Waals surface area contributed by atoms with Gasteiger partial charge >= 0.3 is 0 Å². The largest absolute Gasteiger partial charge is 0.486 e. The minimum absolute atomic E-state index is 0.171. The highest BCUT2D eigenvalue weighted by Gasteiger charge is 2.31. The second-order valence-corrected chi connectivity index (χ2v) is 8.43. The van der Waals surface area contributed by atoms with Crippen molar-refractivity contribution in [2.75, 3.05) is 19.8 Å². The number of nitrogens with zero attached hydrogens (tertiary/aromatic N) is 1. The summed E-state index contributed by atoms with van der Waals surface area (Å²) in [6.07, 6.45) is 0.626. The van der Waals surface area contributed by atoms with Gasteiger partial charge in [-0.25, -0.2) is 8.42 Å². The first kappa shape index (κ1) is 19.3. The maximum absolute atomic E-state index is 12.4. The number of sulfonamides is 1. The van der Waals surface area contributed by atoms with E-state index in [1.54, 1.807) is 25.1 Å². The summed E-state index contributed by atoms with van der Waals surface area (Å²) in [5.74, 6) is 1.36. The maximum Gasteiger partial charge on any atom is 0.263 e. The average Bonchev–Trinajstić information content (AvgIpc) is 2.98. The predicted octanol–water partition coefficient (Wildman–Crippen LogP) is 1.24. The van der Waals surface area contributed by atoms with Crippen LogP contribution in [0.4, 0.5) is 0 Å². The van der Waals surface area contributed by atoms with E-state index in [0.29, 0.717) is 37.5 Å². The Balaban J connectivity index is 1.36. The number of aliphatic imine (C=N–C) groups is 1. The van der Waals surface area contributed by atoms with E-state index in [4.69, 9.17) is 9.47 Å². The lowest BCUT2D eigenvalue weighted by Gasteiger charge is -2.19. The number of carbonyl (C=O) groups is 1. The number of nitrogens with one attached hydrogen (secondary N) is 2. The zero-order valence-corrected chi connectivity index (χ0v) is 16.7. The van der Waals surface area contributed by atoms with E-state index in [9.17, 15) is 13.2 Å². The lowest BCUT2D eigenvalue weighted by atomic mass is 10.1. The van der Waals surface area contributed by atoms with Gasteiger partial charge in [0.15, 0.2) is 11.5 Å². The summed E-state index contributed by atoms with van der Waals surface area (Å²) >= 11 is 0. The Morgan fingerprint density at radius 2 is 1.93 bits per heavy atom. The number of fused-ring (bicyclic) bond motifs is 2. The third-order valence-corrected chi connectivity index (χ3v) is 6.08. The molecule has 0 aliphatic carbocycles. The number of amides is 1. The summed E-state index contributed by atoms with van der Waals surface area (Å²) in [7, 11) is -3.62. The average molecular weight is 415 g/mol. The van der Waals surface area contributed by atoms with Gasteiger partial charge in [0.2, 0.25) is 5.91 Å². The third kappa shape index (κ3) is 4.04. The molecule has 29 heavy (non-hydrogen) atoms. The van der Waals surface area contributed by atoms with Crippen molar-refractivity contribution in [1.82, 2.24) is 10.0 Å². The van der Waals surface area contributed by atoms with Crippen molar-refractivity contribution in [3.05, 3.63) is 53.6 Å². The fourth-order valence-corrected chi connectivity index (χ4v) is 4.44. The fourth-order valence-electron chi connectivity index (χ4n) is 3.20. The number of rotatable bonds is 5. The summed E-state index contributed by atoms with van der Waals surface area (Å²) in [4.78, 5) is 16.8. The molecule has 2 heterocycles. The molecule has 2 aromatic carbocycles. The van der Waals surface area contributed by atoms with Crippen LogP contribution in [-0.4, -0.2) is 46.0 Å². The number of benzene rings is 2. The maximum atomic E-state index is 12.4. The van der Waals surface area contributed by atoms with Gasteiger partial charge in [-0.3, -0.25) is 14.5 Å². The van der Waals surface area contributed by atoms with Gasteiger partial charge < -0.3 is 14.8 Å². The normalized spacial score (nSPS) is 18.6. The highest BCUT2D eigenvalue weighted by molar-refractivity contribution is 7.90. The lowest BCUT2D eigenvalue weighted by Crippen LogP contribution is -2.35. The number of amidine groups is 1. The van der Waals surface area contributed by atoms with Crippen LogP contribution >= 0.6 is 0 Å². The zero-order valence-electron chi connectivity index (χ0n) is 15.8. The minimum Gasteiger partial charge on any atom is -0.486 e. The van der Waals surface area contributed by atoms with Crippen LogP contribution in [0, 0.1) is 0 Å². The molecule has 0 bridgehead atoms. The minimum atomic E-state index is -3.62. The molecule has 4 rings (SSSR count). The van der Waals surface area contributed by atoms with Crippen LogP contribution in [0.1, 0.15) is 18.1 Å². The van der Waals surface area contributed by atoms with Crippen LogP contribution in [0.2, 0.25) is 0 Å². The van der Waals surface area contributed by atoms with Gasteiger partial charge in [0.25, 0.3) is 10.0 Å². The van der Waals surface area contributed by atoms with Crippen molar-refractivity contribution in [3.63, 3.8) is 0 Å². The highest BCUT2D eigenvalue weighted by atomic mass is 32.2. The molecule has 0 unspecified atom stereocenters. The van der Waals surface area contributed by atoms with Crippen molar-refractivity contribution < 1.29 is 22.7 Å². The second-order valence-electron chi connectivity index (χ2n) is 6.77. The Morgan fingerprint density at radius 3 is 2.76 bits per heavy atom. The first-order chi connectivity index (χ1) is 13.9. The van der Waals surface area contributed by atoms with Crippen molar-refractivity contribution in [2.24, 2.45) is 4.99 Å². The Labute approximate surface area is 169 Å². The van der Waals surface area contributed by atoms with E-state index in [0.717, 1.165) is 11.3 Å². The molecule has 0 aromatic heterocycles. The predicted molar refractivity (Wildman–Crippen MR) is 107 cm³/mol. The van der Waals surface area contributed by atoms with E-state index in [2.05, 4.69) is 15.0 Å². The van der Waals surface area contributed by atoms with Crippen molar-refractivity contribution >= 4 is 21.8 Å².